The minimum Gasteiger partial charge on any atom is -0.463 e. The Morgan fingerprint density at radius 2 is 1.52 bits per heavy atom. The number of piperazine rings is 1. The van der Waals surface area contributed by atoms with Gasteiger partial charge in [0.25, 0.3) is 0 Å². The van der Waals surface area contributed by atoms with Gasteiger partial charge in [0.2, 0.25) is 0 Å². The summed E-state index contributed by atoms with van der Waals surface area (Å²) in [5.74, 6) is 3.05. The highest BCUT2D eigenvalue weighted by molar-refractivity contribution is 6.90. The molecule has 1 saturated carbocycles. The Hall–Kier alpha value is -4.31. The molecule has 4 aliphatic heterocycles. The van der Waals surface area contributed by atoms with Crippen LogP contribution in [-0.4, -0.2) is 103 Å². The van der Waals surface area contributed by atoms with Crippen LogP contribution < -0.4 is 9.64 Å². The SMILES string of the molecule is CC(C)[Si](C#Cc1c(F)ccc2cccc(-c3ccc4c(N5CC6CCC(C5)N6C(=O)OC(C)(C)C)nc(OCC5(CN6C7CCC6COC7)CC5)nc4c3F)c12)(C(C)C)C(C)C. The number of benzene rings is 3. The topological polar surface area (TPSA) is 80.3 Å². The van der Waals surface area contributed by atoms with E-state index in [1.807, 2.05) is 49.9 Å². The van der Waals surface area contributed by atoms with Crippen molar-refractivity contribution in [2.75, 3.05) is 44.4 Å². The van der Waals surface area contributed by atoms with Crippen molar-refractivity contribution in [1.29, 1.82) is 0 Å². The lowest BCUT2D eigenvalue weighted by molar-refractivity contribution is -0.0271. The smallest absolute Gasteiger partial charge is 0.410 e. The van der Waals surface area contributed by atoms with Gasteiger partial charge in [-0.3, -0.25) is 9.80 Å². The zero-order chi connectivity index (χ0) is 44.6. The summed E-state index contributed by atoms with van der Waals surface area (Å²) >= 11 is 0. The number of aromatic nitrogens is 2. The minimum absolute atomic E-state index is 0.0131. The number of rotatable bonds is 10. The van der Waals surface area contributed by atoms with Gasteiger partial charge in [-0.1, -0.05) is 77.8 Å². The average molecular weight is 878 g/mol. The molecule has 4 aromatic rings. The molecule has 4 atom stereocenters. The van der Waals surface area contributed by atoms with Crippen LogP contribution in [-0.2, 0) is 9.47 Å². The van der Waals surface area contributed by atoms with E-state index >= 15 is 8.78 Å². The molecule has 4 saturated heterocycles. The standard InChI is InChI=1S/C51H65F2N5O4Si/c1-31(2)63(32(3)4,33(5)6)24-21-41-43(52)20-13-34-11-10-12-39(44(34)41)40-18-19-42-46(45(40)53)54-48(61-30-51(22-23-51)29-57-37-16-17-38(57)28-60-27-37)55-47(42)56-25-35-14-15-36(26-56)58(35)49(59)62-50(7,8)9/h10-13,18-20,31-33,35-38H,14-17,22-23,25-30H2,1-9H3. The Morgan fingerprint density at radius 1 is 0.873 bits per heavy atom. The maximum absolute atomic E-state index is 17.7. The van der Waals surface area contributed by atoms with E-state index in [1.54, 1.807) is 12.1 Å². The van der Waals surface area contributed by atoms with E-state index in [9.17, 15) is 4.79 Å². The fourth-order valence-corrected chi connectivity index (χ4v) is 16.9. The van der Waals surface area contributed by atoms with E-state index in [-0.39, 0.29) is 35.1 Å². The molecule has 4 bridgehead atoms. The third-order valence-corrected chi connectivity index (χ3v) is 21.4. The Bertz CT molecular complexity index is 2420. The molecule has 1 aliphatic carbocycles. The molecule has 0 spiro atoms. The first-order valence-corrected chi connectivity index (χ1v) is 25.7. The van der Waals surface area contributed by atoms with Gasteiger partial charge in [-0.15, -0.1) is 5.54 Å². The van der Waals surface area contributed by atoms with Gasteiger partial charge in [0.05, 0.1) is 37.5 Å². The van der Waals surface area contributed by atoms with Gasteiger partial charge >= 0.3 is 12.1 Å². The highest BCUT2D eigenvalue weighted by atomic mass is 28.3. The first-order chi connectivity index (χ1) is 30.0. The van der Waals surface area contributed by atoms with Gasteiger partial charge in [0.1, 0.15) is 30.8 Å². The molecule has 5 fully saturated rings. The van der Waals surface area contributed by atoms with E-state index in [1.165, 1.54) is 6.07 Å². The van der Waals surface area contributed by atoms with Crippen molar-refractivity contribution in [3.63, 3.8) is 0 Å². The molecule has 12 heteroatoms. The van der Waals surface area contributed by atoms with Crippen molar-refractivity contribution in [3.05, 3.63) is 59.7 Å². The van der Waals surface area contributed by atoms with Crippen LogP contribution in [0.25, 0.3) is 32.8 Å². The average Bonchev–Trinajstić information content (AvgIpc) is 3.90. The maximum atomic E-state index is 17.7. The summed E-state index contributed by atoms with van der Waals surface area (Å²) < 4.78 is 52.3. The lowest BCUT2D eigenvalue weighted by Crippen LogP contribution is -2.57. The van der Waals surface area contributed by atoms with E-state index in [0.29, 0.717) is 81.7 Å². The zero-order valence-electron chi connectivity index (χ0n) is 38.7. The number of amides is 1. The Kier molecular flexibility index (Phi) is 11.6. The van der Waals surface area contributed by atoms with E-state index in [2.05, 4.69) is 62.8 Å². The van der Waals surface area contributed by atoms with Gasteiger partial charge in [0, 0.05) is 53.5 Å². The summed E-state index contributed by atoms with van der Waals surface area (Å²) in [7, 11) is -2.23. The van der Waals surface area contributed by atoms with Gasteiger partial charge in [-0.25, -0.2) is 13.6 Å². The molecule has 336 valence electrons. The van der Waals surface area contributed by atoms with Crippen LogP contribution in [0.15, 0.2) is 42.5 Å². The highest BCUT2D eigenvalue weighted by Crippen LogP contribution is 2.49. The van der Waals surface area contributed by atoms with Crippen molar-refractivity contribution in [1.82, 2.24) is 19.8 Å². The predicted molar refractivity (Wildman–Crippen MR) is 249 cm³/mol. The van der Waals surface area contributed by atoms with Gasteiger partial charge in [-0.05, 0) is 99.0 Å². The second kappa shape index (κ2) is 16.6. The Morgan fingerprint density at radius 3 is 2.14 bits per heavy atom. The number of hydrogen-bond donors (Lipinski definition) is 0. The molecule has 1 aromatic heterocycles. The largest absolute Gasteiger partial charge is 0.463 e. The molecule has 63 heavy (non-hydrogen) atoms. The van der Waals surface area contributed by atoms with E-state index in [4.69, 9.17) is 24.2 Å². The predicted octanol–water partition coefficient (Wildman–Crippen LogP) is 10.9. The third-order valence-electron chi connectivity index (χ3n) is 15.1. The summed E-state index contributed by atoms with van der Waals surface area (Å²) in [5.41, 5.74) is 5.53. The molecular formula is C51H65F2N5O4Si. The number of nitrogens with zero attached hydrogens (tertiary/aromatic N) is 5. The normalized spacial score (nSPS) is 23.3. The summed E-state index contributed by atoms with van der Waals surface area (Å²) in [6, 6.07) is 13.5. The van der Waals surface area contributed by atoms with Crippen molar-refractivity contribution >= 4 is 41.7 Å². The van der Waals surface area contributed by atoms with Crippen LogP contribution in [0.4, 0.5) is 19.4 Å². The molecule has 4 unspecified atom stereocenters. The summed E-state index contributed by atoms with van der Waals surface area (Å²) in [4.78, 5) is 30.1. The van der Waals surface area contributed by atoms with Gasteiger partial charge in [0.15, 0.2) is 5.82 Å². The lowest BCUT2D eigenvalue weighted by Gasteiger charge is -2.42. The van der Waals surface area contributed by atoms with Crippen molar-refractivity contribution in [3.8, 4) is 28.6 Å². The van der Waals surface area contributed by atoms with Crippen molar-refractivity contribution < 1.29 is 27.8 Å². The van der Waals surface area contributed by atoms with Crippen molar-refractivity contribution in [2.24, 2.45) is 5.41 Å². The number of halogens is 2. The number of carbonyl (C=O) groups is 1. The second-order valence-corrected chi connectivity index (χ2v) is 26.8. The molecule has 3 aromatic carbocycles. The van der Waals surface area contributed by atoms with Crippen molar-refractivity contribution in [2.45, 2.75) is 147 Å². The van der Waals surface area contributed by atoms with Crippen LogP contribution in [0.3, 0.4) is 0 Å². The zero-order valence-corrected chi connectivity index (χ0v) is 39.7. The van der Waals surface area contributed by atoms with Crippen LogP contribution in [0, 0.1) is 28.5 Å². The van der Waals surface area contributed by atoms with Gasteiger partial charge in [-0.2, -0.15) is 9.97 Å². The molecule has 5 heterocycles. The van der Waals surface area contributed by atoms with Crippen LogP contribution in [0.1, 0.15) is 106 Å². The Labute approximate surface area is 373 Å². The quantitative estimate of drug-likeness (QED) is 0.115. The van der Waals surface area contributed by atoms with Crippen LogP contribution in [0.2, 0.25) is 16.6 Å². The number of carbonyl (C=O) groups excluding carboxylic acids is 1. The maximum Gasteiger partial charge on any atom is 0.410 e. The van der Waals surface area contributed by atoms with Crippen LogP contribution in [0.5, 0.6) is 6.01 Å². The third kappa shape index (κ3) is 8.09. The molecule has 0 N–H and O–H groups in total. The number of anilines is 1. The molecule has 5 aliphatic rings. The highest BCUT2D eigenvalue weighted by Gasteiger charge is 2.50. The summed E-state index contributed by atoms with van der Waals surface area (Å²) in [6.07, 6.45) is 5.82. The number of hydrogen-bond acceptors (Lipinski definition) is 8. The lowest BCUT2D eigenvalue weighted by atomic mass is 9.93. The Balaban J connectivity index is 1.12. The molecular weight excluding hydrogens is 813 g/mol. The van der Waals surface area contributed by atoms with E-state index in [0.717, 1.165) is 63.7 Å². The molecule has 9 nitrogen and oxygen atoms in total. The first-order valence-electron chi connectivity index (χ1n) is 23.5. The van der Waals surface area contributed by atoms with E-state index < -0.39 is 25.3 Å². The monoisotopic (exact) mass is 877 g/mol. The van der Waals surface area contributed by atoms with Gasteiger partial charge < -0.3 is 19.1 Å². The second-order valence-electron chi connectivity index (χ2n) is 21.2. The first kappa shape index (κ1) is 43.9. The number of fused-ring (bicyclic) bond motifs is 6. The van der Waals surface area contributed by atoms with Crippen LogP contribution >= 0.6 is 0 Å². The fourth-order valence-electron chi connectivity index (χ4n) is 11.7. The molecule has 9 rings (SSSR count). The summed E-state index contributed by atoms with van der Waals surface area (Å²) in [6.45, 7) is 23.1. The number of morpholine rings is 1. The molecule has 1 amide bonds. The number of ether oxygens (including phenoxy) is 3. The summed E-state index contributed by atoms with van der Waals surface area (Å²) in [5, 5.41) is 1.95. The fraction of sp³-hybridized carbons (Fsp3) is 0.588. The minimum atomic E-state index is -2.23. The molecule has 0 radical (unpaired) electrons.